The summed E-state index contributed by atoms with van der Waals surface area (Å²) in [5, 5.41) is 3.44. The molecule has 3 atom stereocenters. The Morgan fingerprint density at radius 1 is 1.58 bits per heavy atom. The predicted molar refractivity (Wildman–Crippen MR) is 46.2 cm³/mol. The SMILES string of the molecule is CCO[C@@H]1CN[C@@H]2CCCO[C@@H]21. The molecule has 1 N–H and O–H groups in total. The van der Waals surface area contributed by atoms with Crippen molar-refractivity contribution >= 4 is 0 Å². The maximum Gasteiger partial charge on any atom is 0.100 e. The molecule has 70 valence electrons. The molecule has 0 spiro atoms. The Hall–Kier alpha value is -0.120. The van der Waals surface area contributed by atoms with E-state index in [0.29, 0.717) is 18.2 Å². The molecule has 2 fully saturated rings. The van der Waals surface area contributed by atoms with Crippen LogP contribution in [0.4, 0.5) is 0 Å². The first-order valence-corrected chi connectivity index (χ1v) is 4.88. The normalized spacial score (nSPS) is 41.2. The van der Waals surface area contributed by atoms with Gasteiger partial charge in [-0.1, -0.05) is 0 Å². The van der Waals surface area contributed by atoms with Crippen LogP contribution in [-0.2, 0) is 9.47 Å². The lowest BCUT2D eigenvalue weighted by Crippen LogP contribution is -2.40. The number of hydrogen-bond donors (Lipinski definition) is 1. The maximum atomic E-state index is 5.68. The van der Waals surface area contributed by atoms with E-state index >= 15 is 0 Å². The van der Waals surface area contributed by atoms with Crippen LogP contribution in [0.1, 0.15) is 19.8 Å². The van der Waals surface area contributed by atoms with Gasteiger partial charge in [0.05, 0.1) is 6.10 Å². The van der Waals surface area contributed by atoms with E-state index in [0.717, 1.165) is 19.8 Å². The summed E-state index contributed by atoms with van der Waals surface area (Å²) in [4.78, 5) is 0. The molecule has 2 saturated heterocycles. The van der Waals surface area contributed by atoms with Crippen LogP contribution >= 0.6 is 0 Å². The van der Waals surface area contributed by atoms with Gasteiger partial charge in [-0.15, -0.1) is 0 Å². The standard InChI is InChI=1S/C9H17NO2/c1-2-11-8-6-10-7-4-3-5-12-9(7)8/h7-10H,2-6H2,1H3/t7-,8-,9+/m1/s1. The smallest absolute Gasteiger partial charge is 0.100 e. The van der Waals surface area contributed by atoms with E-state index in [1.54, 1.807) is 0 Å². The highest BCUT2D eigenvalue weighted by molar-refractivity contribution is 4.94. The zero-order chi connectivity index (χ0) is 8.39. The van der Waals surface area contributed by atoms with Crippen LogP contribution in [0.15, 0.2) is 0 Å². The van der Waals surface area contributed by atoms with Gasteiger partial charge in [-0.25, -0.2) is 0 Å². The number of nitrogens with one attached hydrogen (secondary N) is 1. The van der Waals surface area contributed by atoms with Gasteiger partial charge < -0.3 is 14.8 Å². The molecule has 2 aliphatic rings. The van der Waals surface area contributed by atoms with E-state index < -0.39 is 0 Å². The van der Waals surface area contributed by atoms with Gasteiger partial charge in [0.1, 0.15) is 6.10 Å². The molecule has 12 heavy (non-hydrogen) atoms. The number of hydrogen-bond acceptors (Lipinski definition) is 3. The summed E-state index contributed by atoms with van der Waals surface area (Å²) in [6, 6.07) is 0.551. The Labute approximate surface area is 73.4 Å². The number of rotatable bonds is 2. The Bertz CT molecular complexity index is 151. The minimum atomic E-state index is 0.292. The summed E-state index contributed by atoms with van der Waals surface area (Å²) in [6.45, 7) is 4.70. The Morgan fingerprint density at radius 3 is 3.33 bits per heavy atom. The molecule has 0 bridgehead atoms. The van der Waals surface area contributed by atoms with Crippen LogP contribution in [0, 0.1) is 0 Å². The van der Waals surface area contributed by atoms with E-state index in [2.05, 4.69) is 5.32 Å². The Morgan fingerprint density at radius 2 is 2.50 bits per heavy atom. The molecule has 0 aromatic carbocycles. The summed E-state index contributed by atoms with van der Waals surface area (Å²) in [5.74, 6) is 0. The van der Waals surface area contributed by atoms with Crippen LogP contribution in [0.25, 0.3) is 0 Å². The Balaban J connectivity index is 1.92. The van der Waals surface area contributed by atoms with Gasteiger partial charge in [0, 0.05) is 25.8 Å². The van der Waals surface area contributed by atoms with Gasteiger partial charge in [0.25, 0.3) is 0 Å². The van der Waals surface area contributed by atoms with E-state index in [9.17, 15) is 0 Å². The molecule has 0 saturated carbocycles. The van der Waals surface area contributed by atoms with E-state index in [4.69, 9.17) is 9.47 Å². The molecule has 0 aromatic rings. The molecular formula is C9H17NO2. The number of ether oxygens (including phenoxy) is 2. The first-order valence-electron chi connectivity index (χ1n) is 4.88. The van der Waals surface area contributed by atoms with Gasteiger partial charge >= 0.3 is 0 Å². The average molecular weight is 171 g/mol. The molecule has 0 aliphatic carbocycles. The summed E-state index contributed by atoms with van der Waals surface area (Å²) in [5.41, 5.74) is 0. The van der Waals surface area contributed by atoms with Gasteiger partial charge in [-0.05, 0) is 19.8 Å². The fourth-order valence-corrected chi connectivity index (χ4v) is 2.14. The first-order chi connectivity index (χ1) is 5.92. The lowest BCUT2D eigenvalue weighted by Gasteiger charge is -2.28. The van der Waals surface area contributed by atoms with Crippen molar-refractivity contribution in [1.82, 2.24) is 5.32 Å². The zero-order valence-electron chi connectivity index (χ0n) is 7.58. The van der Waals surface area contributed by atoms with Crippen molar-refractivity contribution < 1.29 is 9.47 Å². The van der Waals surface area contributed by atoms with E-state index in [1.807, 2.05) is 6.92 Å². The van der Waals surface area contributed by atoms with Crippen molar-refractivity contribution in [2.24, 2.45) is 0 Å². The largest absolute Gasteiger partial charge is 0.374 e. The number of fused-ring (bicyclic) bond motifs is 1. The quantitative estimate of drug-likeness (QED) is 0.658. The molecule has 2 aliphatic heterocycles. The first kappa shape index (κ1) is 8.48. The highest BCUT2D eigenvalue weighted by Crippen LogP contribution is 2.23. The van der Waals surface area contributed by atoms with Crippen molar-refractivity contribution in [3.8, 4) is 0 Å². The van der Waals surface area contributed by atoms with Crippen LogP contribution in [0.3, 0.4) is 0 Å². The second-order valence-corrected chi connectivity index (χ2v) is 3.49. The molecule has 0 unspecified atom stereocenters. The fourth-order valence-electron chi connectivity index (χ4n) is 2.14. The summed E-state index contributed by atoms with van der Waals surface area (Å²) in [7, 11) is 0. The lowest BCUT2D eigenvalue weighted by atomic mass is 10.0. The third-order valence-corrected chi connectivity index (χ3v) is 2.69. The highest BCUT2D eigenvalue weighted by Gasteiger charge is 2.38. The van der Waals surface area contributed by atoms with Crippen LogP contribution in [-0.4, -0.2) is 38.0 Å². The average Bonchev–Trinajstić information content (AvgIpc) is 2.50. The van der Waals surface area contributed by atoms with Crippen molar-refractivity contribution in [3.63, 3.8) is 0 Å². The van der Waals surface area contributed by atoms with Crippen LogP contribution < -0.4 is 5.32 Å². The summed E-state index contributed by atoms with van der Waals surface area (Å²) < 4.78 is 11.3. The van der Waals surface area contributed by atoms with E-state index in [-0.39, 0.29) is 0 Å². The third kappa shape index (κ3) is 1.49. The minimum absolute atomic E-state index is 0.292. The maximum absolute atomic E-state index is 5.68. The van der Waals surface area contributed by atoms with Crippen molar-refractivity contribution in [3.05, 3.63) is 0 Å². The van der Waals surface area contributed by atoms with Crippen molar-refractivity contribution in [2.45, 2.75) is 38.0 Å². The van der Waals surface area contributed by atoms with Gasteiger partial charge in [-0.2, -0.15) is 0 Å². The second kappa shape index (κ2) is 3.73. The molecule has 0 radical (unpaired) electrons. The van der Waals surface area contributed by atoms with Gasteiger partial charge in [0.15, 0.2) is 0 Å². The minimum Gasteiger partial charge on any atom is -0.374 e. The molecule has 2 rings (SSSR count). The molecule has 3 nitrogen and oxygen atoms in total. The molecule has 0 aromatic heterocycles. The third-order valence-electron chi connectivity index (χ3n) is 2.69. The predicted octanol–water partition coefficient (Wildman–Crippen LogP) is 0.542. The summed E-state index contributed by atoms with van der Waals surface area (Å²) in [6.07, 6.45) is 3.04. The zero-order valence-corrected chi connectivity index (χ0v) is 7.58. The monoisotopic (exact) mass is 171 g/mol. The summed E-state index contributed by atoms with van der Waals surface area (Å²) >= 11 is 0. The second-order valence-electron chi connectivity index (χ2n) is 3.49. The molecular weight excluding hydrogens is 154 g/mol. The van der Waals surface area contributed by atoms with E-state index in [1.165, 1.54) is 12.8 Å². The fraction of sp³-hybridized carbons (Fsp3) is 1.00. The topological polar surface area (TPSA) is 30.5 Å². The molecule has 0 amide bonds. The highest BCUT2D eigenvalue weighted by atomic mass is 16.5. The molecule has 2 heterocycles. The van der Waals surface area contributed by atoms with Gasteiger partial charge in [0.2, 0.25) is 0 Å². The Kier molecular flexibility index (Phi) is 2.63. The van der Waals surface area contributed by atoms with Crippen molar-refractivity contribution in [1.29, 1.82) is 0 Å². The lowest BCUT2D eigenvalue weighted by molar-refractivity contribution is -0.0710. The van der Waals surface area contributed by atoms with Crippen LogP contribution in [0.5, 0.6) is 0 Å². The van der Waals surface area contributed by atoms with Crippen LogP contribution in [0.2, 0.25) is 0 Å². The van der Waals surface area contributed by atoms with Crippen molar-refractivity contribution in [2.75, 3.05) is 19.8 Å². The van der Waals surface area contributed by atoms with Gasteiger partial charge in [-0.3, -0.25) is 0 Å². The molecule has 3 heteroatoms.